The molecule has 0 spiro atoms. The van der Waals surface area contributed by atoms with Crippen LogP contribution in [0.1, 0.15) is 18.9 Å². The minimum absolute atomic E-state index is 0.0804. The topological polar surface area (TPSA) is 69.6 Å². The number of carbonyl (C=O) groups is 2. The van der Waals surface area contributed by atoms with Gasteiger partial charge in [-0.3, -0.25) is 0 Å². The third-order valence-electron chi connectivity index (χ3n) is 3.29. The van der Waals surface area contributed by atoms with Crippen molar-refractivity contribution in [2.24, 2.45) is 5.92 Å². The van der Waals surface area contributed by atoms with Gasteiger partial charge in [0, 0.05) is 24.9 Å². The van der Waals surface area contributed by atoms with E-state index in [2.05, 4.69) is 12.2 Å². The molecule has 5 nitrogen and oxygen atoms in total. The molecule has 0 aliphatic carbocycles. The fourth-order valence-corrected chi connectivity index (χ4v) is 2.17. The van der Waals surface area contributed by atoms with Crippen LogP contribution in [-0.2, 0) is 4.79 Å². The van der Waals surface area contributed by atoms with Gasteiger partial charge in [-0.1, -0.05) is 19.1 Å². The molecule has 1 saturated heterocycles. The second kappa shape index (κ2) is 6.23. The molecule has 20 heavy (non-hydrogen) atoms. The van der Waals surface area contributed by atoms with E-state index in [9.17, 15) is 9.59 Å². The van der Waals surface area contributed by atoms with Gasteiger partial charge >= 0.3 is 12.0 Å². The molecule has 1 atom stereocenters. The van der Waals surface area contributed by atoms with Gasteiger partial charge in [-0.2, -0.15) is 0 Å². The van der Waals surface area contributed by atoms with Crippen LogP contribution in [-0.4, -0.2) is 35.1 Å². The number of anilines is 1. The van der Waals surface area contributed by atoms with Gasteiger partial charge in [0.2, 0.25) is 0 Å². The van der Waals surface area contributed by atoms with E-state index < -0.39 is 5.97 Å². The zero-order valence-corrected chi connectivity index (χ0v) is 11.4. The first-order chi connectivity index (χ1) is 9.54. The van der Waals surface area contributed by atoms with Crippen molar-refractivity contribution in [2.45, 2.75) is 13.3 Å². The molecule has 1 fully saturated rings. The Morgan fingerprint density at radius 2 is 2.05 bits per heavy atom. The number of benzene rings is 1. The van der Waals surface area contributed by atoms with Crippen LogP contribution < -0.4 is 5.32 Å². The molecule has 1 aliphatic rings. The fourth-order valence-electron chi connectivity index (χ4n) is 2.17. The van der Waals surface area contributed by atoms with Crippen molar-refractivity contribution < 1.29 is 14.7 Å². The number of rotatable bonds is 3. The van der Waals surface area contributed by atoms with E-state index in [0.29, 0.717) is 11.6 Å². The summed E-state index contributed by atoms with van der Waals surface area (Å²) in [6.45, 7) is 3.73. The number of nitrogens with one attached hydrogen (secondary N) is 1. The normalized spacial score (nSPS) is 18.4. The number of likely N-dealkylation sites (tertiary alicyclic amines) is 1. The zero-order valence-electron chi connectivity index (χ0n) is 11.4. The monoisotopic (exact) mass is 274 g/mol. The molecule has 0 radical (unpaired) electrons. The highest BCUT2D eigenvalue weighted by atomic mass is 16.4. The smallest absolute Gasteiger partial charge is 0.328 e. The van der Waals surface area contributed by atoms with Crippen LogP contribution in [0.4, 0.5) is 10.5 Å². The SMILES string of the molecule is CC1CCN(C(=O)Nc2ccc(/C=C/C(=O)O)cc2)C1. The van der Waals surface area contributed by atoms with E-state index in [1.807, 2.05) is 4.90 Å². The Morgan fingerprint density at radius 1 is 1.35 bits per heavy atom. The largest absolute Gasteiger partial charge is 0.478 e. The average molecular weight is 274 g/mol. The molecule has 1 aromatic rings. The summed E-state index contributed by atoms with van der Waals surface area (Å²) >= 11 is 0. The second-order valence-corrected chi connectivity index (χ2v) is 5.06. The van der Waals surface area contributed by atoms with Gasteiger partial charge in [0.05, 0.1) is 0 Å². The first-order valence-corrected chi connectivity index (χ1v) is 6.61. The predicted molar refractivity (Wildman–Crippen MR) is 77.5 cm³/mol. The van der Waals surface area contributed by atoms with E-state index in [1.165, 1.54) is 6.08 Å². The molecule has 1 aromatic carbocycles. The molecule has 1 heterocycles. The quantitative estimate of drug-likeness (QED) is 0.832. The lowest BCUT2D eigenvalue weighted by molar-refractivity contribution is -0.131. The number of nitrogens with zero attached hydrogens (tertiary/aromatic N) is 1. The molecule has 1 aliphatic heterocycles. The van der Waals surface area contributed by atoms with Crippen LogP contribution in [0.5, 0.6) is 0 Å². The van der Waals surface area contributed by atoms with Gasteiger partial charge in [0.1, 0.15) is 0 Å². The van der Waals surface area contributed by atoms with E-state index in [1.54, 1.807) is 24.3 Å². The highest BCUT2D eigenvalue weighted by Crippen LogP contribution is 2.17. The number of hydrogen-bond donors (Lipinski definition) is 2. The summed E-state index contributed by atoms with van der Waals surface area (Å²) in [7, 11) is 0. The molecular formula is C15H18N2O3. The Morgan fingerprint density at radius 3 is 2.60 bits per heavy atom. The lowest BCUT2D eigenvalue weighted by Gasteiger charge is -2.16. The van der Waals surface area contributed by atoms with Gasteiger partial charge in [-0.05, 0) is 36.1 Å². The average Bonchev–Trinajstić information content (AvgIpc) is 2.85. The third kappa shape index (κ3) is 3.85. The van der Waals surface area contributed by atoms with Crippen LogP contribution in [0, 0.1) is 5.92 Å². The summed E-state index contributed by atoms with van der Waals surface area (Å²) in [4.78, 5) is 24.2. The zero-order chi connectivity index (χ0) is 14.5. The number of amides is 2. The summed E-state index contributed by atoms with van der Waals surface area (Å²) in [5.41, 5.74) is 1.49. The van der Waals surface area contributed by atoms with Crippen molar-refractivity contribution in [3.8, 4) is 0 Å². The van der Waals surface area contributed by atoms with E-state index >= 15 is 0 Å². The van der Waals surface area contributed by atoms with E-state index in [0.717, 1.165) is 31.1 Å². The second-order valence-electron chi connectivity index (χ2n) is 5.06. The van der Waals surface area contributed by atoms with Crippen molar-refractivity contribution in [2.75, 3.05) is 18.4 Å². The Hall–Kier alpha value is -2.30. The molecule has 2 N–H and O–H groups in total. The summed E-state index contributed by atoms with van der Waals surface area (Å²) in [5, 5.41) is 11.4. The molecular weight excluding hydrogens is 256 g/mol. The molecule has 2 rings (SSSR count). The number of urea groups is 1. The summed E-state index contributed by atoms with van der Waals surface area (Å²) in [5.74, 6) is -0.421. The third-order valence-corrected chi connectivity index (χ3v) is 3.29. The van der Waals surface area contributed by atoms with Crippen molar-refractivity contribution in [1.29, 1.82) is 0 Å². The van der Waals surface area contributed by atoms with E-state index in [-0.39, 0.29) is 6.03 Å². The van der Waals surface area contributed by atoms with Crippen LogP contribution in [0.15, 0.2) is 30.3 Å². The Labute approximate surface area is 117 Å². The Bertz CT molecular complexity index is 522. The van der Waals surface area contributed by atoms with Crippen LogP contribution in [0.25, 0.3) is 6.08 Å². The van der Waals surface area contributed by atoms with Gasteiger partial charge in [-0.25, -0.2) is 9.59 Å². The first-order valence-electron chi connectivity index (χ1n) is 6.61. The summed E-state index contributed by atoms with van der Waals surface area (Å²) in [6, 6.07) is 6.98. The molecule has 0 bridgehead atoms. The maximum absolute atomic E-state index is 12.0. The number of carboxylic acid groups (broad SMARTS) is 1. The van der Waals surface area contributed by atoms with Gasteiger partial charge < -0.3 is 15.3 Å². The number of carbonyl (C=O) groups excluding carboxylic acids is 1. The lowest BCUT2D eigenvalue weighted by atomic mass is 10.2. The predicted octanol–water partition coefficient (Wildman–Crippen LogP) is 2.66. The molecule has 2 amide bonds. The summed E-state index contributed by atoms with van der Waals surface area (Å²) in [6.07, 6.45) is 3.64. The first kappa shape index (κ1) is 14.1. The van der Waals surface area contributed by atoms with Crippen molar-refractivity contribution in [1.82, 2.24) is 4.90 Å². The minimum Gasteiger partial charge on any atom is -0.478 e. The molecule has 1 unspecified atom stereocenters. The Balaban J connectivity index is 1.93. The maximum atomic E-state index is 12.0. The van der Waals surface area contributed by atoms with Gasteiger partial charge in [0.15, 0.2) is 0 Å². The highest BCUT2D eigenvalue weighted by molar-refractivity contribution is 5.90. The minimum atomic E-state index is -0.981. The van der Waals surface area contributed by atoms with Crippen molar-refractivity contribution in [3.05, 3.63) is 35.9 Å². The van der Waals surface area contributed by atoms with Crippen LogP contribution >= 0.6 is 0 Å². The molecule has 0 aromatic heterocycles. The summed E-state index contributed by atoms with van der Waals surface area (Å²) < 4.78 is 0. The molecule has 5 heteroatoms. The lowest BCUT2D eigenvalue weighted by Crippen LogP contribution is -2.32. The number of aliphatic carboxylic acids is 1. The van der Waals surface area contributed by atoms with Crippen molar-refractivity contribution in [3.63, 3.8) is 0 Å². The Kier molecular flexibility index (Phi) is 4.40. The molecule has 0 saturated carbocycles. The standard InChI is InChI=1S/C15H18N2O3/c1-11-8-9-17(10-11)15(20)16-13-5-2-12(3-6-13)4-7-14(18)19/h2-7,11H,8-10H2,1H3,(H,16,20)(H,18,19)/b7-4+. The van der Waals surface area contributed by atoms with Crippen LogP contribution in [0.3, 0.4) is 0 Å². The van der Waals surface area contributed by atoms with Gasteiger partial charge in [-0.15, -0.1) is 0 Å². The van der Waals surface area contributed by atoms with E-state index in [4.69, 9.17) is 5.11 Å². The highest BCUT2D eigenvalue weighted by Gasteiger charge is 2.22. The van der Waals surface area contributed by atoms with Gasteiger partial charge in [0.25, 0.3) is 0 Å². The maximum Gasteiger partial charge on any atom is 0.328 e. The van der Waals surface area contributed by atoms with Crippen molar-refractivity contribution >= 4 is 23.8 Å². The number of hydrogen-bond acceptors (Lipinski definition) is 2. The number of carboxylic acids is 1. The molecule has 106 valence electrons. The fraction of sp³-hybridized carbons (Fsp3) is 0.333. The van der Waals surface area contributed by atoms with Crippen LogP contribution in [0.2, 0.25) is 0 Å².